The Hall–Kier alpha value is -1.26. The summed E-state index contributed by atoms with van der Waals surface area (Å²) in [5.74, 6) is 0.759. The number of hydrogen-bond acceptors (Lipinski definition) is 4. The van der Waals surface area contributed by atoms with Gasteiger partial charge in [-0.15, -0.1) is 0 Å². The van der Waals surface area contributed by atoms with Crippen molar-refractivity contribution in [2.45, 2.75) is 18.9 Å². The van der Waals surface area contributed by atoms with E-state index in [1.54, 1.807) is 7.11 Å². The smallest absolute Gasteiger partial charge is 0.0515 e. The number of likely N-dealkylation sites (tertiary alicyclic amines) is 1. The molecule has 0 saturated carbocycles. The monoisotopic (exact) mass is 275 g/mol. The molecule has 4 heteroatoms. The van der Waals surface area contributed by atoms with Crippen molar-refractivity contribution in [2.24, 2.45) is 5.92 Å². The zero-order valence-electron chi connectivity index (χ0n) is 12.3. The fourth-order valence-electron chi connectivity index (χ4n) is 3.42. The first-order valence-corrected chi connectivity index (χ1v) is 7.59. The van der Waals surface area contributed by atoms with E-state index < -0.39 is 0 Å². The molecule has 0 aromatic heterocycles. The predicted molar refractivity (Wildman–Crippen MR) is 83.0 cm³/mol. The molecule has 0 amide bonds. The first kappa shape index (κ1) is 13.7. The number of methoxy groups -OCH3 is 1. The lowest BCUT2D eigenvalue weighted by molar-refractivity contribution is -0.000660. The van der Waals surface area contributed by atoms with E-state index in [1.807, 2.05) is 12.1 Å². The zero-order valence-corrected chi connectivity index (χ0v) is 12.3. The van der Waals surface area contributed by atoms with E-state index in [-0.39, 0.29) is 0 Å². The van der Waals surface area contributed by atoms with E-state index in [2.05, 4.69) is 21.9 Å². The van der Waals surface area contributed by atoms with Crippen LogP contribution in [-0.2, 0) is 4.74 Å². The van der Waals surface area contributed by atoms with Crippen molar-refractivity contribution in [1.29, 1.82) is 0 Å². The Balaban J connectivity index is 1.47. The molecular formula is C16H25N3O. The number of nitrogen functional groups attached to an aromatic ring is 1. The fourth-order valence-corrected chi connectivity index (χ4v) is 3.42. The van der Waals surface area contributed by atoms with E-state index >= 15 is 0 Å². The van der Waals surface area contributed by atoms with E-state index in [0.29, 0.717) is 0 Å². The summed E-state index contributed by atoms with van der Waals surface area (Å²) in [6.45, 7) is 5.67. The summed E-state index contributed by atoms with van der Waals surface area (Å²) in [6, 6.07) is 9.02. The summed E-state index contributed by atoms with van der Waals surface area (Å²) < 4.78 is 5.22. The van der Waals surface area contributed by atoms with Crippen LogP contribution in [-0.4, -0.2) is 50.8 Å². The quantitative estimate of drug-likeness (QED) is 0.851. The largest absolute Gasteiger partial charge is 0.399 e. The van der Waals surface area contributed by atoms with Crippen molar-refractivity contribution < 1.29 is 4.74 Å². The molecular weight excluding hydrogens is 250 g/mol. The van der Waals surface area contributed by atoms with Crippen molar-refractivity contribution in [1.82, 2.24) is 4.90 Å². The van der Waals surface area contributed by atoms with Gasteiger partial charge in [-0.05, 0) is 37.1 Å². The molecule has 2 saturated heterocycles. The highest BCUT2D eigenvalue weighted by Crippen LogP contribution is 2.27. The Kier molecular flexibility index (Phi) is 4.13. The molecule has 0 aliphatic carbocycles. The maximum Gasteiger partial charge on any atom is 0.0515 e. The Morgan fingerprint density at radius 1 is 1.15 bits per heavy atom. The molecule has 2 aliphatic heterocycles. The van der Waals surface area contributed by atoms with Crippen molar-refractivity contribution in [3.63, 3.8) is 0 Å². The zero-order chi connectivity index (χ0) is 13.9. The van der Waals surface area contributed by atoms with Gasteiger partial charge in [-0.25, -0.2) is 0 Å². The molecule has 1 aromatic carbocycles. The van der Waals surface area contributed by atoms with Crippen LogP contribution in [0.3, 0.4) is 0 Å². The highest BCUT2D eigenvalue weighted by Gasteiger charge is 2.33. The molecule has 3 rings (SSSR count). The molecule has 4 nitrogen and oxygen atoms in total. The van der Waals surface area contributed by atoms with E-state index in [9.17, 15) is 0 Å². The molecule has 0 atom stereocenters. The lowest BCUT2D eigenvalue weighted by atomic mass is 9.93. The number of nitrogens with zero attached hydrogens (tertiary/aromatic N) is 2. The van der Waals surface area contributed by atoms with Gasteiger partial charge in [0.25, 0.3) is 0 Å². The summed E-state index contributed by atoms with van der Waals surface area (Å²) in [5.41, 5.74) is 7.89. The Bertz CT molecular complexity index is 420. The van der Waals surface area contributed by atoms with Crippen molar-refractivity contribution in [2.75, 3.05) is 50.5 Å². The van der Waals surface area contributed by atoms with E-state index in [4.69, 9.17) is 10.5 Å². The highest BCUT2D eigenvalue weighted by atomic mass is 16.5. The van der Waals surface area contributed by atoms with Crippen LogP contribution in [0.4, 0.5) is 11.4 Å². The third kappa shape index (κ3) is 2.91. The van der Waals surface area contributed by atoms with Gasteiger partial charge in [-0.2, -0.15) is 0 Å². The van der Waals surface area contributed by atoms with Gasteiger partial charge in [0.2, 0.25) is 0 Å². The summed E-state index contributed by atoms with van der Waals surface area (Å²) in [4.78, 5) is 5.10. The third-order valence-corrected chi connectivity index (χ3v) is 4.63. The number of nitrogens with two attached hydrogens (primary N) is 1. The summed E-state index contributed by atoms with van der Waals surface area (Å²) in [6.07, 6.45) is 2.54. The molecule has 20 heavy (non-hydrogen) atoms. The number of piperidine rings is 1. The second-order valence-corrected chi connectivity index (χ2v) is 6.09. The summed E-state index contributed by atoms with van der Waals surface area (Å²) >= 11 is 0. The van der Waals surface area contributed by atoms with Crippen LogP contribution in [0.2, 0.25) is 0 Å². The second-order valence-electron chi connectivity index (χ2n) is 6.09. The molecule has 2 N–H and O–H groups in total. The van der Waals surface area contributed by atoms with Gasteiger partial charge in [0.05, 0.1) is 6.61 Å². The van der Waals surface area contributed by atoms with Crippen LogP contribution in [0.15, 0.2) is 24.3 Å². The number of rotatable bonds is 4. The number of hydrogen-bond donors (Lipinski definition) is 1. The van der Waals surface area contributed by atoms with Gasteiger partial charge in [0.15, 0.2) is 0 Å². The van der Waals surface area contributed by atoms with Crippen LogP contribution in [0.25, 0.3) is 0 Å². The van der Waals surface area contributed by atoms with Crippen LogP contribution in [0, 0.1) is 5.92 Å². The van der Waals surface area contributed by atoms with Gasteiger partial charge in [-0.1, -0.05) is 0 Å². The topological polar surface area (TPSA) is 41.7 Å². The molecule has 0 spiro atoms. The van der Waals surface area contributed by atoms with Gasteiger partial charge in [0, 0.05) is 56.6 Å². The molecule has 2 heterocycles. The molecule has 2 fully saturated rings. The number of benzene rings is 1. The van der Waals surface area contributed by atoms with Gasteiger partial charge in [0.1, 0.15) is 0 Å². The SMILES string of the molecule is COCC1CN(C2CCN(c3ccc(N)cc3)CC2)C1. The highest BCUT2D eigenvalue weighted by molar-refractivity contribution is 5.53. The molecule has 0 radical (unpaired) electrons. The Morgan fingerprint density at radius 3 is 2.40 bits per heavy atom. The molecule has 1 aromatic rings. The predicted octanol–water partition coefficient (Wildman–Crippen LogP) is 1.82. The normalized spacial score (nSPS) is 21.9. The number of ether oxygens (including phenoxy) is 1. The molecule has 0 bridgehead atoms. The summed E-state index contributed by atoms with van der Waals surface area (Å²) in [5, 5.41) is 0. The average molecular weight is 275 g/mol. The van der Waals surface area contributed by atoms with Crippen LogP contribution >= 0.6 is 0 Å². The van der Waals surface area contributed by atoms with Crippen LogP contribution < -0.4 is 10.6 Å². The lowest BCUT2D eigenvalue weighted by Crippen LogP contribution is -2.56. The number of anilines is 2. The second kappa shape index (κ2) is 6.02. The van der Waals surface area contributed by atoms with Crippen molar-refractivity contribution >= 4 is 11.4 Å². The van der Waals surface area contributed by atoms with E-state index in [1.165, 1.54) is 31.6 Å². The molecule has 0 unspecified atom stereocenters. The minimum atomic E-state index is 0.759. The standard InChI is InChI=1S/C16H25N3O/c1-20-12-13-10-19(11-13)16-6-8-18(9-7-16)15-4-2-14(17)3-5-15/h2-5,13,16H,6-12,17H2,1H3. The van der Waals surface area contributed by atoms with Crippen LogP contribution in [0.5, 0.6) is 0 Å². The van der Waals surface area contributed by atoms with Crippen LogP contribution in [0.1, 0.15) is 12.8 Å². The van der Waals surface area contributed by atoms with Gasteiger partial charge in [-0.3, -0.25) is 4.90 Å². The minimum Gasteiger partial charge on any atom is -0.399 e. The maximum absolute atomic E-state index is 5.75. The Labute approximate surface area is 121 Å². The summed E-state index contributed by atoms with van der Waals surface area (Å²) in [7, 11) is 1.80. The maximum atomic E-state index is 5.75. The van der Waals surface area contributed by atoms with Gasteiger partial charge < -0.3 is 15.4 Å². The lowest BCUT2D eigenvalue weighted by Gasteiger charge is -2.47. The third-order valence-electron chi connectivity index (χ3n) is 4.63. The minimum absolute atomic E-state index is 0.759. The van der Waals surface area contributed by atoms with E-state index in [0.717, 1.165) is 37.3 Å². The fraction of sp³-hybridized carbons (Fsp3) is 0.625. The average Bonchev–Trinajstić information content (AvgIpc) is 2.44. The van der Waals surface area contributed by atoms with Crippen molar-refractivity contribution in [3.8, 4) is 0 Å². The first-order valence-electron chi connectivity index (χ1n) is 7.59. The van der Waals surface area contributed by atoms with Gasteiger partial charge >= 0.3 is 0 Å². The van der Waals surface area contributed by atoms with Crippen molar-refractivity contribution in [3.05, 3.63) is 24.3 Å². The Morgan fingerprint density at radius 2 is 1.80 bits per heavy atom. The molecule has 110 valence electrons. The first-order chi connectivity index (χ1) is 9.76. The molecule has 2 aliphatic rings.